The van der Waals surface area contributed by atoms with E-state index in [4.69, 9.17) is 10.3 Å². The molecule has 2 aromatic rings. The SMILES string of the molecule is Nc1noc(C2C3CCCCC32)c1-c1ccccc1. The van der Waals surface area contributed by atoms with E-state index in [-0.39, 0.29) is 0 Å². The van der Waals surface area contributed by atoms with Crippen LogP contribution >= 0.6 is 0 Å². The third-order valence-corrected chi connectivity index (χ3v) is 4.77. The molecule has 4 rings (SSSR count). The van der Waals surface area contributed by atoms with Gasteiger partial charge >= 0.3 is 0 Å². The monoisotopic (exact) mass is 254 g/mol. The van der Waals surface area contributed by atoms with Crippen LogP contribution in [0.1, 0.15) is 37.4 Å². The predicted octanol–water partition coefficient (Wildman–Crippen LogP) is 3.83. The van der Waals surface area contributed by atoms with Crippen LogP contribution in [0.4, 0.5) is 5.82 Å². The van der Waals surface area contributed by atoms with E-state index in [1.165, 1.54) is 25.7 Å². The van der Waals surface area contributed by atoms with E-state index in [1.54, 1.807) is 0 Å². The van der Waals surface area contributed by atoms with Gasteiger partial charge < -0.3 is 10.3 Å². The maximum atomic E-state index is 6.02. The molecule has 2 aliphatic rings. The molecule has 0 bridgehead atoms. The second kappa shape index (κ2) is 4.12. The average Bonchev–Trinajstić information content (AvgIpc) is 3.07. The molecule has 3 heteroatoms. The van der Waals surface area contributed by atoms with Crippen LogP contribution in [-0.4, -0.2) is 5.16 Å². The molecule has 2 N–H and O–H groups in total. The summed E-state index contributed by atoms with van der Waals surface area (Å²) in [5, 5.41) is 4.01. The van der Waals surface area contributed by atoms with Gasteiger partial charge in [-0.3, -0.25) is 0 Å². The third-order valence-electron chi connectivity index (χ3n) is 4.77. The maximum absolute atomic E-state index is 6.02. The molecular formula is C16H18N2O. The summed E-state index contributed by atoms with van der Waals surface area (Å²) in [6.07, 6.45) is 5.40. The lowest BCUT2D eigenvalue weighted by atomic mass is 10.0. The van der Waals surface area contributed by atoms with E-state index < -0.39 is 0 Å². The fourth-order valence-electron chi connectivity index (χ4n) is 3.82. The molecular weight excluding hydrogens is 236 g/mol. The van der Waals surface area contributed by atoms with Crippen LogP contribution < -0.4 is 5.73 Å². The molecule has 0 radical (unpaired) electrons. The number of aromatic nitrogens is 1. The van der Waals surface area contributed by atoms with Crippen LogP contribution in [0, 0.1) is 11.8 Å². The van der Waals surface area contributed by atoms with Gasteiger partial charge in [0.05, 0.1) is 5.56 Å². The minimum absolute atomic E-state index is 0.532. The normalized spacial score (nSPS) is 28.9. The number of benzene rings is 1. The summed E-state index contributed by atoms with van der Waals surface area (Å²) < 4.78 is 5.59. The molecule has 1 aromatic heterocycles. The van der Waals surface area contributed by atoms with Gasteiger partial charge in [0, 0.05) is 5.92 Å². The number of fused-ring (bicyclic) bond motifs is 1. The zero-order valence-corrected chi connectivity index (χ0v) is 10.9. The Bertz CT molecular complexity index is 578. The van der Waals surface area contributed by atoms with Crippen LogP contribution in [-0.2, 0) is 0 Å². The van der Waals surface area contributed by atoms with E-state index in [0.29, 0.717) is 11.7 Å². The number of nitrogen functional groups attached to an aromatic ring is 1. The second-order valence-electron chi connectivity index (χ2n) is 5.81. The molecule has 19 heavy (non-hydrogen) atoms. The Morgan fingerprint density at radius 1 is 1.05 bits per heavy atom. The van der Waals surface area contributed by atoms with Gasteiger partial charge in [-0.05, 0) is 30.2 Å². The van der Waals surface area contributed by atoms with Crippen LogP contribution in [0.25, 0.3) is 11.1 Å². The van der Waals surface area contributed by atoms with Gasteiger partial charge in [0.25, 0.3) is 0 Å². The first-order valence-electron chi connectivity index (χ1n) is 7.16. The highest BCUT2D eigenvalue weighted by molar-refractivity contribution is 5.76. The predicted molar refractivity (Wildman–Crippen MR) is 74.5 cm³/mol. The highest BCUT2D eigenvalue weighted by Crippen LogP contribution is 2.62. The fraction of sp³-hybridized carbons (Fsp3) is 0.438. The van der Waals surface area contributed by atoms with Crippen molar-refractivity contribution in [1.29, 1.82) is 0 Å². The second-order valence-corrected chi connectivity index (χ2v) is 5.81. The van der Waals surface area contributed by atoms with Crippen molar-refractivity contribution in [3.63, 3.8) is 0 Å². The van der Waals surface area contributed by atoms with Gasteiger partial charge in [-0.15, -0.1) is 0 Å². The van der Waals surface area contributed by atoms with Gasteiger partial charge in [0.2, 0.25) is 0 Å². The first-order valence-corrected chi connectivity index (χ1v) is 7.16. The standard InChI is InChI=1S/C16H18N2O/c17-16-13(10-6-2-1-3-7-10)15(19-18-16)14-11-8-4-5-9-12(11)14/h1-3,6-7,11-12,14H,4-5,8-9H2,(H2,17,18). The fourth-order valence-corrected chi connectivity index (χ4v) is 3.82. The van der Waals surface area contributed by atoms with Gasteiger partial charge in [-0.2, -0.15) is 0 Å². The van der Waals surface area contributed by atoms with Crippen molar-refractivity contribution in [2.24, 2.45) is 11.8 Å². The Morgan fingerprint density at radius 3 is 2.42 bits per heavy atom. The molecule has 2 saturated carbocycles. The summed E-state index contributed by atoms with van der Waals surface area (Å²) in [7, 11) is 0. The Labute approximate surface area is 112 Å². The minimum atomic E-state index is 0.532. The Kier molecular flexibility index (Phi) is 2.40. The summed E-state index contributed by atoms with van der Waals surface area (Å²) in [5.41, 5.74) is 8.18. The number of nitrogens with two attached hydrogens (primary N) is 1. The molecule has 0 amide bonds. The molecule has 2 unspecified atom stereocenters. The first-order chi connectivity index (χ1) is 9.36. The molecule has 2 atom stereocenters. The van der Waals surface area contributed by atoms with Crippen LogP contribution in [0.15, 0.2) is 34.9 Å². The highest BCUT2D eigenvalue weighted by atomic mass is 16.5. The molecule has 98 valence electrons. The Balaban J connectivity index is 1.75. The summed E-state index contributed by atoms with van der Waals surface area (Å²) >= 11 is 0. The molecule has 0 aliphatic heterocycles. The summed E-state index contributed by atoms with van der Waals surface area (Å²) in [6, 6.07) is 10.2. The minimum Gasteiger partial charge on any atom is -0.380 e. The quantitative estimate of drug-likeness (QED) is 0.886. The van der Waals surface area contributed by atoms with Gasteiger partial charge in [-0.1, -0.05) is 48.3 Å². The lowest BCUT2D eigenvalue weighted by Crippen LogP contribution is -1.91. The van der Waals surface area contributed by atoms with Gasteiger partial charge in [0.1, 0.15) is 5.76 Å². The molecule has 3 nitrogen and oxygen atoms in total. The number of anilines is 1. The van der Waals surface area contributed by atoms with Crippen LogP contribution in [0.5, 0.6) is 0 Å². The average molecular weight is 254 g/mol. The van der Waals surface area contributed by atoms with Gasteiger partial charge in [0.15, 0.2) is 5.82 Å². The smallest absolute Gasteiger partial charge is 0.175 e. The number of hydrogen-bond acceptors (Lipinski definition) is 3. The van der Waals surface area contributed by atoms with E-state index in [9.17, 15) is 0 Å². The van der Waals surface area contributed by atoms with Crippen molar-refractivity contribution in [2.45, 2.75) is 31.6 Å². The zero-order chi connectivity index (χ0) is 12.8. The summed E-state index contributed by atoms with van der Waals surface area (Å²) in [5.74, 6) is 3.74. The zero-order valence-electron chi connectivity index (χ0n) is 10.9. The Hall–Kier alpha value is -1.77. The van der Waals surface area contributed by atoms with Crippen molar-refractivity contribution in [3.05, 3.63) is 36.1 Å². The highest BCUT2D eigenvalue weighted by Gasteiger charge is 2.54. The van der Waals surface area contributed by atoms with E-state index in [0.717, 1.165) is 28.7 Å². The van der Waals surface area contributed by atoms with E-state index in [2.05, 4.69) is 17.3 Å². The Morgan fingerprint density at radius 2 is 1.74 bits per heavy atom. The number of hydrogen-bond donors (Lipinski definition) is 1. The van der Waals surface area contributed by atoms with Gasteiger partial charge in [-0.25, -0.2) is 0 Å². The molecule has 0 spiro atoms. The van der Waals surface area contributed by atoms with E-state index in [1.807, 2.05) is 18.2 Å². The van der Waals surface area contributed by atoms with Crippen molar-refractivity contribution >= 4 is 5.82 Å². The topological polar surface area (TPSA) is 52.0 Å². The van der Waals surface area contributed by atoms with Crippen molar-refractivity contribution in [3.8, 4) is 11.1 Å². The number of nitrogens with zero attached hydrogens (tertiary/aromatic N) is 1. The molecule has 1 heterocycles. The van der Waals surface area contributed by atoms with Crippen LogP contribution in [0.2, 0.25) is 0 Å². The van der Waals surface area contributed by atoms with E-state index >= 15 is 0 Å². The van der Waals surface area contributed by atoms with Crippen molar-refractivity contribution in [1.82, 2.24) is 5.16 Å². The largest absolute Gasteiger partial charge is 0.380 e. The summed E-state index contributed by atoms with van der Waals surface area (Å²) in [4.78, 5) is 0. The third kappa shape index (κ3) is 1.68. The van der Waals surface area contributed by atoms with Crippen LogP contribution in [0.3, 0.4) is 0 Å². The first kappa shape index (κ1) is 11.1. The molecule has 0 saturated heterocycles. The summed E-state index contributed by atoms with van der Waals surface area (Å²) in [6.45, 7) is 0. The lowest BCUT2D eigenvalue weighted by Gasteiger charge is -2.04. The molecule has 2 fully saturated rings. The van der Waals surface area contributed by atoms with Crippen molar-refractivity contribution in [2.75, 3.05) is 5.73 Å². The lowest BCUT2D eigenvalue weighted by molar-refractivity contribution is 0.381. The van der Waals surface area contributed by atoms with Crippen molar-refractivity contribution < 1.29 is 4.52 Å². The maximum Gasteiger partial charge on any atom is 0.175 e. The molecule has 1 aromatic carbocycles. The number of rotatable bonds is 2. The molecule has 2 aliphatic carbocycles.